The molecule has 0 saturated carbocycles. The van der Waals surface area contributed by atoms with Gasteiger partial charge in [0, 0.05) is 11.3 Å². The van der Waals surface area contributed by atoms with Gasteiger partial charge in [-0.3, -0.25) is 9.59 Å². The Kier molecular flexibility index (Phi) is 7.47. The van der Waals surface area contributed by atoms with Crippen LogP contribution in [0.2, 0.25) is 0 Å². The fourth-order valence-electron chi connectivity index (χ4n) is 2.94. The van der Waals surface area contributed by atoms with Crippen LogP contribution in [0.5, 0.6) is 0 Å². The highest BCUT2D eigenvalue weighted by Gasteiger charge is 2.21. The molecular formula is C24H24N2O2S. The average Bonchev–Trinajstić information content (AvgIpc) is 2.78. The van der Waals surface area contributed by atoms with Crippen molar-refractivity contribution in [1.29, 1.82) is 0 Å². The molecule has 0 spiro atoms. The Hall–Kier alpha value is -3.05. The third-order valence-electron chi connectivity index (χ3n) is 4.53. The summed E-state index contributed by atoms with van der Waals surface area (Å²) < 4.78 is 0. The Labute approximate surface area is 175 Å². The van der Waals surface area contributed by atoms with Crippen molar-refractivity contribution in [2.75, 3.05) is 17.3 Å². The molecule has 4 nitrogen and oxygen atoms in total. The lowest BCUT2D eigenvalue weighted by atomic mass is 10.1. The molecule has 0 aliphatic rings. The average molecular weight is 405 g/mol. The van der Waals surface area contributed by atoms with Crippen LogP contribution in [0.1, 0.15) is 16.8 Å². The molecule has 0 radical (unpaired) electrons. The van der Waals surface area contributed by atoms with E-state index in [1.165, 1.54) is 0 Å². The number of hydrogen-bond donors (Lipinski definition) is 2. The van der Waals surface area contributed by atoms with Gasteiger partial charge in [0.1, 0.15) is 6.04 Å². The lowest BCUT2D eigenvalue weighted by Gasteiger charge is -2.18. The van der Waals surface area contributed by atoms with Gasteiger partial charge in [0.15, 0.2) is 0 Å². The van der Waals surface area contributed by atoms with Gasteiger partial charge in [-0.2, -0.15) is 11.8 Å². The molecule has 0 unspecified atom stereocenters. The monoisotopic (exact) mass is 404 g/mol. The molecule has 0 aliphatic heterocycles. The molecule has 0 aliphatic carbocycles. The van der Waals surface area contributed by atoms with E-state index in [0.29, 0.717) is 17.7 Å². The minimum atomic E-state index is -0.594. The smallest absolute Gasteiger partial charge is 0.251 e. The highest BCUT2D eigenvalue weighted by Crippen LogP contribution is 2.21. The van der Waals surface area contributed by atoms with Crippen LogP contribution in [0, 0.1) is 0 Å². The number of nitrogens with one attached hydrogen (secondary N) is 2. The Morgan fingerprint density at radius 2 is 1.41 bits per heavy atom. The molecule has 3 aromatic carbocycles. The molecule has 0 bridgehead atoms. The molecule has 0 aromatic heterocycles. The summed E-state index contributed by atoms with van der Waals surface area (Å²) in [6, 6.07) is 26.1. The van der Waals surface area contributed by atoms with E-state index >= 15 is 0 Å². The van der Waals surface area contributed by atoms with Gasteiger partial charge >= 0.3 is 0 Å². The number of hydrogen-bond acceptors (Lipinski definition) is 3. The summed E-state index contributed by atoms with van der Waals surface area (Å²) in [6.07, 6.45) is 2.55. The minimum Gasteiger partial charge on any atom is -0.340 e. The second kappa shape index (κ2) is 10.5. The fraction of sp³-hybridized carbons (Fsp3) is 0.167. The SMILES string of the molecule is CSCC[C@@H](NC(=O)c1ccccc1)C(=O)Nc1ccc(-c2ccccc2)cc1. The van der Waals surface area contributed by atoms with Crippen LogP contribution in [0.15, 0.2) is 84.9 Å². The zero-order valence-electron chi connectivity index (χ0n) is 16.3. The van der Waals surface area contributed by atoms with Crippen molar-refractivity contribution >= 4 is 29.3 Å². The van der Waals surface area contributed by atoms with Crippen LogP contribution in [-0.2, 0) is 4.79 Å². The predicted octanol–water partition coefficient (Wildman–Crippen LogP) is 4.84. The van der Waals surface area contributed by atoms with Gasteiger partial charge in [0.25, 0.3) is 5.91 Å². The molecular weight excluding hydrogens is 380 g/mol. The van der Waals surface area contributed by atoms with Crippen LogP contribution < -0.4 is 10.6 Å². The maximum absolute atomic E-state index is 12.8. The van der Waals surface area contributed by atoms with Gasteiger partial charge in [-0.05, 0) is 53.8 Å². The minimum absolute atomic E-state index is 0.212. The summed E-state index contributed by atoms with van der Waals surface area (Å²) in [7, 11) is 0. The quantitative estimate of drug-likeness (QED) is 0.565. The number of carbonyl (C=O) groups excluding carboxylic acids is 2. The molecule has 5 heteroatoms. The Bertz CT molecular complexity index is 928. The molecule has 0 saturated heterocycles. The van der Waals surface area contributed by atoms with Crippen LogP contribution in [0.4, 0.5) is 5.69 Å². The number of carbonyl (C=O) groups is 2. The predicted molar refractivity (Wildman–Crippen MR) is 121 cm³/mol. The number of thioether (sulfide) groups is 1. The highest BCUT2D eigenvalue weighted by molar-refractivity contribution is 7.98. The molecule has 2 amide bonds. The van der Waals surface area contributed by atoms with Crippen molar-refractivity contribution < 1.29 is 9.59 Å². The van der Waals surface area contributed by atoms with Crippen LogP contribution in [0.3, 0.4) is 0 Å². The molecule has 148 valence electrons. The number of benzene rings is 3. The lowest BCUT2D eigenvalue weighted by Crippen LogP contribution is -2.44. The summed E-state index contributed by atoms with van der Waals surface area (Å²) in [5, 5.41) is 5.78. The van der Waals surface area contributed by atoms with Crippen LogP contribution >= 0.6 is 11.8 Å². The van der Waals surface area contributed by atoms with Crippen molar-refractivity contribution in [1.82, 2.24) is 5.32 Å². The summed E-state index contributed by atoms with van der Waals surface area (Å²) >= 11 is 1.64. The topological polar surface area (TPSA) is 58.2 Å². The van der Waals surface area contributed by atoms with Gasteiger partial charge in [-0.1, -0.05) is 60.7 Å². The van der Waals surface area contributed by atoms with E-state index < -0.39 is 6.04 Å². The summed E-state index contributed by atoms with van der Waals surface area (Å²) in [6.45, 7) is 0. The molecule has 29 heavy (non-hydrogen) atoms. The number of anilines is 1. The molecule has 0 fully saturated rings. The normalized spacial score (nSPS) is 11.5. The Morgan fingerprint density at radius 3 is 2.03 bits per heavy atom. The van der Waals surface area contributed by atoms with E-state index in [1.807, 2.05) is 66.9 Å². The van der Waals surface area contributed by atoms with E-state index in [2.05, 4.69) is 10.6 Å². The van der Waals surface area contributed by atoms with Crippen molar-refractivity contribution in [3.8, 4) is 11.1 Å². The number of amides is 2. The first kappa shape index (κ1) is 20.7. The highest BCUT2D eigenvalue weighted by atomic mass is 32.2. The zero-order chi connectivity index (χ0) is 20.5. The third kappa shape index (κ3) is 5.96. The Morgan fingerprint density at radius 1 is 0.828 bits per heavy atom. The van der Waals surface area contributed by atoms with Crippen LogP contribution in [0.25, 0.3) is 11.1 Å². The standard InChI is InChI=1S/C24H24N2O2S/c1-29-17-16-22(26-23(27)20-10-6-3-7-11-20)24(28)25-21-14-12-19(13-15-21)18-8-4-2-5-9-18/h2-15,22H,16-17H2,1H3,(H,25,28)(H,26,27)/t22-/m1/s1. The number of rotatable bonds is 8. The summed E-state index contributed by atoms with van der Waals surface area (Å²) in [5.41, 5.74) is 3.46. The maximum atomic E-state index is 12.8. The molecule has 3 rings (SSSR count). The van der Waals surface area contributed by atoms with Gasteiger partial charge in [-0.15, -0.1) is 0 Å². The van der Waals surface area contributed by atoms with Gasteiger partial charge in [-0.25, -0.2) is 0 Å². The second-order valence-corrected chi connectivity index (χ2v) is 7.59. The first-order chi connectivity index (χ1) is 14.2. The van der Waals surface area contributed by atoms with E-state index in [1.54, 1.807) is 36.0 Å². The Balaban J connectivity index is 1.67. The molecule has 3 aromatic rings. The van der Waals surface area contributed by atoms with Crippen molar-refractivity contribution in [2.24, 2.45) is 0 Å². The van der Waals surface area contributed by atoms with E-state index in [9.17, 15) is 9.59 Å². The van der Waals surface area contributed by atoms with Gasteiger partial charge in [0.05, 0.1) is 0 Å². The third-order valence-corrected chi connectivity index (χ3v) is 5.17. The largest absolute Gasteiger partial charge is 0.340 e. The van der Waals surface area contributed by atoms with E-state index in [-0.39, 0.29) is 11.8 Å². The zero-order valence-corrected chi connectivity index (χ0v) is 17.1. The van der Waals surface area contributed by atoms with E-state index in [0.717, 1.165) is 16.9 Å². The summed E-state index contributed by atoms with van der Waals surface area (Å²) in [5.74, 6) is 0.321. The summed E-state index contributed by atoms with van der Waals surface area (Å²) in [4.78, 5) is 25.3. The van der Waals surface area contributed by atoms with E-state index in [4.69, 9.17) is 0 Å². The van der Waals surface area contributed by atoms with Crippen molar-refractivity contribution in [3.05, 3.63) is 90.5 Å². The maximum Gasteiger partial charge on any atom is 0.251 e. The molecule has 1 atom stereocenters. The van der Waals surface area contributed by atoms with Gasteiger partial charge < -0.3 is 10.6 Å². The van der Waals surface area contributed by atoms with Crippen LogP contribution in [-0.4, -0.2) is 29.9 Å². The lowest BCUT2D eigenvalue weighted by molar-refractivity contribution is -0.118. The second-order valence-electron chi connectivity index (χ2n) is 6.61. The van der Waals surface area contributed by atoms with Crippen molar-refractivity contribution in [3.63, 3.8) is 0 Å². The van der Waals surface area contributed by atoms with Crippen molar-refractivity contribution in [2.45, 2.75) is 12.5 Å². The molecule has 2 N–H and O–H groups in total. The van der Waals surface area contributed by atoms with Gasteiger partial charge in [0.2, 0.25) is 5.91 Å². The fourth-order valence-corrected chi connectivity index (χ4v) is 3.41. The first-order valence-electron chi connectivity index (χ1n) is 9.48. The first-order valence-corrected chi connectivity index (χ1v) is 10.9. The molecule has 0 heterocycles.